The van der Waals surface area contributed by atoms with Crippen molar-refractivity contribution in [3.05, 3.63) is 69.8 Å². The fourth-order valence-corrected chi connectivity index (χ4v) is 6.22. The SMILES string of the molecule is CC(C)(C)c1c(C(C)(C)C)c2c(C(C)(C)C)c3nc(cc4ccc(cc5nc(cc1n2C(C)(C)C)C=C5)[nH]4)C=C3. The Bertz CT molecular complexity index is 1710. The first kappa shape index (κ1) is 28.1. The van der Waals surface area contributed by atoms with Crippen molar-refractivity contribution in [2.75, 3.05) is 0 Å². The smallest absolute Gasteiger partial charge is 0.0695 e. The lowest BCUT2D eigenvalue weighted by atomic mass is 9.74. The highest BCUT2D eigenvalue weighted by Gasteiger charge is 2.37. The van der Waals surface area contributed by atoms with Gasteiger partial charge in [0.1, 0.15) is 0 Å². The van der Waals surface area contributed by atoms with Crippen LogP contribution < -0.4 is 0 Å². The van der Waals surface area contributed by atoms with Crippen molar-refractivity contribution in [3.8, 4) is 0 Å². The van der Waals surface area contributed by atoms with Crippen LogP contribution in [0.2, 0.25) is 0 Å². The summed E-state index contributed by atoms with van der Waals surface area (Å²) in [7, 11) is 0. The number of nitrogens with one attached hydrogen (secondary N) is 1. The van der Waals surface area contributed by atoms with E-state index in [2.05, 4.69) is 147 Å². The number of fused-ring (bicyclic) bond motifs is 8. The maximum Gasteiger partial charge on any atom is 0.0695 e. The quantitative estimate of drug-likeness (QED) is 0.215. The summed E-state index contributed by atoms with van der Waals surface area (Å²) in [6.07, 6.45) is 8.60. The molecule has 8 bridgehead atoms. The molecule has 0 radical (unpaired) electrons. The molecule has 0 unspecified atom stereocenters. The standard InChI is InChI=1S/C36H46N4/c1-33(2,3)29-27-18-17-25(39-27)20-24-14-13-22(37-24)19-23-15-16-26(38-23)21-28-30(34(4,5)6)31(35(7,8)9)32(29)40(28)36(10,11)12/h13-21,37H,1-12H3. The van der Waals surface area contributed by atoms with Gasteiger partial charge in [-0.1, -0.05) is 62.3 Å². The minimum Gasteiger partial charge on any atom is -0.355 e. The van der Waals surface area contributed by atoms with Crippen molar-refractivity contribution in [2.45, 2.75) is 105 Å². The van der Waals surface area contributed by atoms with Gasteiger partial charge in [0.05, 0.1) is 28.3 Å². The molecule has 1 N–H and O–H groups in total. The van der Waals surface area contributed by atoms with E-state index in [4.69, 9.17) is 9.97 Å². The van der Waals surface area contributed by atoms with Crippen molar-refractivity contribution >= 4 is 46.4 Å². The average molecular weight is 535 g/mol. The minimum absolute atomic E-state index is 0.0914. The molecule has 2 aliphatic rings. The van der Waals surface area contributed by atoms with Gasteiger partial charge in [-0.15, -0.1) is 0 Å². The fourth-order valence-electron chi connectivity index (χ4n) is 6.22. The summed E-state index contributed by atoms with van der Waals surface area (Å²) in [6, 6.07) is 10.8. The highest BCUT2D eigenvalue weighted by molar-refractivity contribution is 5.86. The van der Waals surface area contributed by atoms with E-state index in [0.29, 0.717) is 0 Å². The van der Waals surface area contributed by atoms with E-state index in [1.165, 1.54) is 27.7 Å². The van der Waals surface area contributed by atoms with Crippen molar-refractivity contribution < 1.29 is 0 Å². The molecular weight excluding hydrogens is 488 g/mol. The van der Waals surface area contributed by atoms with Gasteiger partial charge in [-0.2, -0.15) is 0 Å². The van der Waals surface area contributed by atoms with Gasteiger partial charge in [0.15, 0.2) is 0 Å². The average Bonchev–Trinajstić information content (AvgIpc) is 3.54. The molecule has 210 valence electrons. The van der Waals surface area contributed by atoms with Gasteiger partial charge in [0.25, 0.3) is 0 Å². The van der Waals surface area contributed by atoms with Crippen LogP contribution in [0.15, 0.2) is 30.3 Å². The molecule has 0 aromatic carbocycles. The van der Waals surface area contributed by atoms with Gasteiger partial charge in [-0.25, -0.2) is 9.97 Å². The molecular formula is C36H46N4. The molecule has 0 saturated carbocycles. The Morgan fingerprint density at radius 1 is 0.550 bits per heavy atom. The first-order chi connectivity index (χ1) is 18.3. The predicted octanol–water partition coefficient (Wildman–Crippen LogP) is 9.78. The summed E-state index contributed by atoms with van der Waals surface area (Å²) in [5.74, 6) is 0. The molecule has 4 heteroatoms. The largest absolute Gasteiger partial charge is 0.355 e. The zero-order chi connectivity index (χ0) is 29.4. The van der Waals surface area contributed by atoms with Crippen LogP contribution in [-0.4, -0.2) is 19.5 Å². The topological polar surface area (TPSA) is 46.5 Å². The summed E-state index contributed by atoms with van der Waals surface area (Å²) in [5.41, 5.74) is 12.0. The van der Waals surface area contributed by atoms with Gasteiger partial charge >= 0.3 is 0 Å². The molecule has 3 aromatic heterocycles. The van der Waals surface area contributed by atoms with Crippen LogP contribution in [0.1, 0.15) is 123 Å². The molecule has 5 rings (SSSR count). The molecule has 2 aliphatic heterocycles. The molecule has 5 heterocycles. The van der Waals surface area contributed by atoms with Crippen LogP contribution in [0.4, 0.5) is 0 Å². The molecule has 0 atom stereocenters. The summed E-state index contributed by atoms with van der Waals surface area (Å²) in [4.78, 5) is 13.8. The molecule has 0 fully saturated rings. The lowest BCUT2D eigenvalue weighted by Crippen LogP contribution is -2.25. The maximum absolute atomic E-state index is 5.25. The van der Waals surface area contributed by atoms with Crippen LogP contribution >= 0.6 is 0 Å². The van der Waals surface area contributed by atoms with Gasteiger partial charge in [-0.3, -0.25) is 0 Å². The Balaban J connectivity index is 2.20. The summed E-state index contributed by atoms with van der Waals surface area (Å²) in [6.45, 7) is 28.0. The molecule has 0 spiro atoms. The van der Waals surface area contributed by atoms with Crippen molar-refractivity contribution in [2.24, 2.45) is 0 Å². The molecule has 0 amide bonds. The Morgan fingerprint density at radius 3 is 1.52 bits per heavy atom. The van der Waals surface area contributed by atoms with Crippen molar-refractivity contribution in [1.82, 2.24) is 19.5 Å². The Kier molecular flexibility index (Phi) is 6.37. The van der Waals surface area contributed by atoms with E-state index in [-0.39, 0.29) is 21.8 Å². The fraction of sp³-hybridized carbons (Fsp3) is 0.444. The van der Waals surface area contributed by atoms with E-state index in [9.17, 15) is 0 Å². The third-order valence-corrected chi connectivity index (χ3v) is 7.59. The van der Waals surface area contributed by atoms with Crippen LogP contribution in [0, 0.1) is 0 Å². The Morgan fingerprint density at radius 2 is 1.02 bits per heavy atom. The highest BCUT2D eigenvalue weighted by Crippen LogP contribution is 2.47. The first-order valence-electron chi connectivity index (χ1n) is 14.5. The normalized spacial score (nSPS) is 14.3. The van der Waals surface area contributed by atoms with Crippen molar-refractivity contribution in [3.63, 3.8) is 0 Å². The lowest BCUT2D eigenvalue weighted by Gasteiger charge is -2.31. The van der Waals surface area contributed by atoms with Gasteiger partial charge in [-0.05, 0) is 103 Å². The number of rotatable bonds is 0. The number of hydrogen-bond donors (Lipinski definition) is 1. The Labute approximate surface area is 240 Å². The number of hydrogen-bond acceptors (Lipinski definition) is 2. The predicted molar refractivity (Wildman–Crippen MR) is 174 cm³/mol. The second kappa shape index (κ2) is 9.06. The minimum atomic E-state index is -0.186. The molecule has 40 heavy (non-hydrogen) atoms. The third kappa shape index (κ3) is 5.09. The Hall–Kier alpha value is -3.40. The second-order valence-electron chi connectivity index (χ2n) is 15.5. The van der Waals surface area contributed by atoms with Crippen molar-refractivity contribution in [1.29, 1.82) is 0 Å². The number of aromatic amines is 1. The van der Waals surface area contributed by atoms with Crippen LogP contribution in [-0.2, 0) is 21.8 Å². The first-order valence-corrected chi connectivity index (χ1v) is 14.5. The van der Waals surface area contributed by atoms with Crippen LogP contribution in [0.25, 0.3) is 46.4 Å². The maximum atomic E-state index is 5.25. The lowest BCUT2D eigenvalue weighted by molar-refractivity contribution is 0.417. The monoisotopic (exact) mass is 534 g/mol. The van der Waals surface area contributed by atoms with Crippen LogP contribution in [0.3, 0.4) is 0 Å². The summed E-state index contributed by atoms with van der Waals surface area (Å²) < 4.78 is 2.59. The highest BCUT2D eigenvalue weighted by atomic mass is 15.1. The zero-order valence-electron chi connectivity index (χ0n) is 26.5. The van der Waals surface area contributed by atoms with E-state index in [0.717, 1.165) is 33.8 Å². The summed E-state index contributed by atoms with van der Waals surface area (Å²) in [5, 5.41) is 0. The number of aromatic nitrogens is 4. The zero-order valence-corrected chi connectivity index (χ0v) is 26.5. The molecule has 3 aromatic rings. The summed E-state index contributed by atoms with van der Waals surface area (Å²) >= 11 is 0. The van der Waals surface area contributed by atoms with Gasteiger partial charge in [0.2, 0.25) is 0 Å². The van der Waals surface area contributed by atoms with E-state index in [1.54, 1.807) is 0 Å². The van der Waals surface area contributed by atoms with E-state index < -0.39 is 0 Å². The van der Waals surface area contributed by atoms with E-state index >= 15 is 0 Å². The van der Waals surface area contributed by atoms with E-state index in [1.807, 2.05) is 0 Å². The molecule has 0 aliphatic carbocycles. The van der Waals surface area contributed by atoms with Crippen LogP contribution in [0.5, 0.6) is 0 Å². The third-order valence-electron chi connectivity index (χ3n) is 7.59. The van der Waals surface area contributed by atoms with Gasteiger partial charge < -0.3 is 9.55 Å². The van der Waals surface area contributed by atoms with Gasteiger partial charge in [0, 0.05) is 27.7 Å². The number of H-pyrrole nitrogens is 1. The molecule has 4 nitrogen and oxygen atoms in total. The number of nitrogens with zero attached hydrogens (tertiary/aromatic N) is 3. The molecule has 0 saturated heterocycles. The second-order valence-corrected chi connectivity index (χ2v) is 15.5.